The van der Waals surface area contributed by atoms with Crippen LogP contribution >= 0.6 is 0 Å². The van der Waals surface area contributed by atoms with Gasteiger partial charge < -0.3 is 4.98 Å². The van der Waals surface area contributed by atoms with E-state index < -0.39 is 10.0 Å². The van der Waals surface area contributed by atoms with Crippen LogP contribution in [0, 0.1) is 6.92 Å². The molecule has 110 valence electrons. The summed E-state index contributed by atoms with van der Waals surface area (Å²) in [6.07, 6.45) is 5.41. The molecule has 21 heavy (non-hydrogen) atoms. The quantitative estimate of drug-likeness (QED) is 0.690. The van der Waals surface area contributed by atoms with Gasteiger partial charge in [-0.05, 0) is 6.92 Å². The Kier molecular flexibility index (Phi) is 2.97. The maximum Gasteiger partial charge on any atom is 0.279 e. The summed E-state index contributed by atoms with van der Waals surface area (Å²) in [7, 11) is -2.05. The first-order valence-electron chi connectivity index (χ1n) is 5.89. The molecule has 0 fully saturated rings. The molecule has 0 saturated heterocycles. The van der Waals surface area contributed by atoms with Gasteiger partial charge in [0.25, 0.3) is 10.0 Å². The second-order valence-electron chi connectivity index (χ2n) is 4.30. The Labute approximate surface area is 119 Å². The fraction of sp³-hybridized carbons (Fsp3) is 0.200. The van der Waals surface area contributed by atoms with Crippen molar-refractivity contribution in [3.05, 3.63) is 30.9 Å². The Bertz CT molecular complexity index is 847. The molecule has 11 heteroatoms. The molecule has 10 nitrogen and oxygen atoms in total. The number of hydrogen-bond acceptors (Lipinski definition) is 6. The summed E-state index contributed by atoms with van der Waals surface area (Å²) in [5.74, 6) is 0.392. The standard InChI is InChI=1S/C10H12N8O2S/c1-7-9(16-21(19,20)8-3-11-4-12-8)10(15-17(7)2)18-5-13-14-6-18/h3-6,16H,1-2H3,(H,11,12). The highest BCUT2D eigenvalue weighted by molar-refractivity contribution is 7.92. The number of hydrogen-bond donors (Lipinski definition) is 2. The number of sulfonamides is 1. The molecule has 0 unspecified atom stereocenters. The fourth-order valence-electron chi connectivity index (χ4n) is 1.78. The van der Waals surface area contributed by atoms with Gasteiger partial charge in [-0.1, -0.05) is 0 Å². The minimum absolute atomic E-state index is 0.0274. The highest BCUT2D eigenvalue weighted by atomic mass is 32.2. The third-order valence-electron chi connectivity index (χ3n) is 2.98. The molecule has 3 aromatic heterocycles. The van der Waals surface area contributed by atoms with E-state index in [0.717, 1.165) is 0 Å². The van der Waals surface area contributed by atoms with Crippen LogP contribution in [0.25, 0.3) is 5.82 Å². The van der Waals surface area contributed by atoms with Crippen molar-refractivity contribution in [1.82, 2.24) is 34.5 Å². The molecule has 0 radical (unpaired) electrons. The van der Waals surface area contributed by atoms with Crippen LogP contribution in [0.5, 0.6) is 0 Å². The Morgan fingerprint density at radius 2 is 2.00 bits per heavy atom. The number of aromatic nitrogens is 7. The topological polar surface area (TPSA) is 123 Å². The first-order chi connectivity index (χ1) is 9.99. The van der Waals surface area contributed by atoms with E-state index in [1.807, 2.05) is 0 Å². The van der Waals surface area contributed by atoms with Gasteiger partial charge in [-0.3, -0.25) is 14.0 Å². The largest absolute Gasteiger partial charge is 0.334 e. The predicted molar refractivity (Wildman–Crippen MR) is 72.3 cm³/mol. The summed E-state index contributed by atoms with van der Waals surface area (Å²) < 4.78 is 30.2. The van der Waals surface area contributed by atoms with Crippen molar-refractivity contribution in [1.29, 1.82) is 0 Å². The van der Waals surface area contributed by atoms with Crippen LogP contribution in [-0.4, -0.2) is 42.9 Å². The molecule has 0 aliphatic heterocycles. The highest BCUT2D eigenvalue weighted by Crippen LogP contribution is 2.25. The van der Waals surface area contributed by atoms with E-state index in [4.69, 9.17) is 0 Å². The van der Waals surface area contributed by atoms with Crippen LogP contribution in [0.4, 0.5) is 5.69 Å². The minimum Gasteiger partial charge on any atom is -0.334 e. The zero-order chi connectivity index (χ0) is 15.0. The molecule has 0 atom stereocenters. The van der Waals surface area contributed by atoms with Crippen molar-refractivity contribution < 1.29 is 8.42 Å². The first kappa shape index (κ1) is 13.3. The SMILES string of the molecule is Cc1c(NS(=O)(=O)c2cnc[nH]2)c(-n2cnnc2)nn1C. The summed E-state index contributed by atoms with van der Waals surface area (Å²) >= 11 is 0. The number of rotatable bonds is 4. The number of imidazole rings is 1. The summed E-state index contributed by atoms with van der Waals surface area (Å²) in [5.41, 5.74) is 1.01. The average molecular weight is 308 g/mol. The maximum atomic E-state index is 12.3. The smallest absolute Gasteiger partial charge is 0.279 e. The number of nitrogens with zero attached hydrogens (tertiary/aromatic N) is 6. The number of H-pyrrole nitrogens is 1. The van der Waals surface area contributed by atoms with E-state index in [-0.39, 0.29) is 5.03 Å². The molecule has 0 aliphatic carbocycles. The molecule has 0 saturated carbocycles. The molecule has 0 amide bonds. The maximum absolute atomic E-state index is 12.3. The number of aryl methyl sites for hydroxylation is 1. The number of anilines is 1. The second kappa shape index (κ2) is 4.70. The van der Waals surface area contributed by atoms with Gasteiger partial charge in [-0.15, -0.1) is 10.2 Å². The van der Waals surface area contributed by atoms with E-state index in [2.05, 4.69) is 30.0 Å². The molecule has 0 aromatic carbocycles. The molecule has 0 aliphatic rings. The first-order valence-corrected chi connectivity index (χ1v) is 7.37. The van der Waals surface area contributed by atoms with E-state index in [1.165, 1.54) is 29.7 Å². The Balaban J connectivity index is 2.07. The Morgan fingerprint density at radius 3 is 2.62 bits per heavy atom. The molecule has 0 bridgehead atoms. The summed E-state index contributed by atoms with van der Waals surface area (Å²) in [4.78, 5) is 6.27. The van der Waals surface area contributed by atoms with Gasteiger partial charge in [0.15, 0.2) is 10.8 Å². The summed E-state index contributed by atoms with van der Waals surface area (Å²) in [5, 5.41) is 11.6. The zero-order valence-corrected chi connectivity index (χ0v) is 12.0. The second-order valence-corrected chi connectivity index (χ2v) is 5.95. The lowest BCUT2D eigenvalue weighted by Gasteiger charge is -2.07. The van der Waals surface area contributed by atoms with E-state index >= 15 is 0 Å². The molecular formula is C10H12N8O2S. The lowest BCUT2D eigenvalue weighted by molar-refractivity contribution is 0.598. The third kappa shape index (κ3) is 2.27. The van der Waals surface area contributed by atoms with Crippen LogP contribution in [0.2, 0.25) is 0 Å². The van der Waals surface area contributed by atoms with Crippen molar-refractivity contribution in [2.45, 2.75) is 11.9 Å². The van der Waals surface area contributed by atoms with Gasteiger partial charge in [0.05, 0.1) is 18.2 Å². The molecule has 3 aromatic rings. The van der Waals surface area contributed by atoms with E-state index in [0.29, 0.717) is 17.2 Å². The average Bonchev–Trinajstić information content (AvgIpc) is 3.16. The van der Waals surface area contributed by atoms with Crippen molar-refractivity contribution in [2.24, 2.45) is 7.05 Å². The van der Waals surface area contributed by atoms with Crippen LogP contribution in [0.1, 0.15) is 5.69 Å². The lowest BCUT2D eigenvalue weighted by Crippen LogP contribution is -2.15. The molecule has 3 heterocycles. The Hall–Kier alpha value is -2.69. The normalized spacial score (nSPS) is 11.7. The van der Waals surface area contributed by atoms with Crippen LogP contribution in [-0.2, 0) is 17.1 Å². The van der Waals surface area contributed by atoms with Crippen molar-refractivity contribution in [3.8, 4) is 5.82 Å². The van der Waals surface area contributed by atoms with Crippen LogP contribution in [0.15, 0.2) is 30.2 Å². The lowest BCUT2D eigenvalue weighted by atomic mass is 10.4. The van der Waals surface area contributed by atoms with Crippen LogP contribution < -0.4 is 4.72 Å². The third-order valence-corrected chi connectivity index (χ3v) is 4.25. The van der Waals surface area contributed by atoms with Gasteiger partial charge >= 0.3 is 0 Å². The fourth-order valence-corrected chi connectivity index (χ4v) is 2.81. The summed E-state index contributed by atoms with van der Waals surface area (Å²) in [6, 6.07) is 0. The molecule has 0 spiro atoms. The van der Waals surface area contributed by atoms with Crippen molar-refractivity contribution in [2.75, 3.05) is 4.72 Å². The monoisotopic (exact) mass is 308 g/mol. The summed E-state index contributed by atoms with van der Waals surface area (Å²) in [6.45, 7) is 1.76. The highest BCUT2D eigenvalue weighted by Gasteiger charge is 2.22. The molecule has 2 N–H and O–H groups in total. The molecular weight excluding hydrogens is 296 g/mol. The zero-order valence-electron chi connectivity index (χ0n) is 11.2. The number of nitrogens with one attached hydrogen (secondary N) is 2. The molecule has 3 rings (SSSR count). The Morgan fingerprint density at radius 1 is 1.29 bits per heavy atom. The van der Waals surface area contributed by atoms with Gasteiger partial charge in [0, 0.05) is 7.05 Å². The predicted octanol–water partition coefficient (Wildman–Crippen LogP) is -0.167. The van der Waals surface area contributed by atoms with E-state index in [9.17, 15) is 8.42 Å². The number of aromatic amines is 1. The van der Waals surface area contributed by atoms with Gasteiger partial charge in [-0.2, -0.15) is 13.5 Å². The van der Waals surface area contributed by atoms with Crippen molar-refractivity contribution >= 4 is 15.7 Å². The van der Waals surface area contributed by atoms with Gasteiger partial charge in [-0.25, -0.2) is 4.98 Å². The minimum atomic E-state index is -3.77. The van der Waals surface area contributed by atoms with Crippen molar-refractivity contribution in [3.63, 3.8) is 0 Å². The van der Waals surface area contributed by atoms with E-state index in [1.54, 1.807) is 18.7 Å². The van der Waals surface area contributed by atoms with Gasteiger partial charge in [0.1, 0.15) is 18.3 Å². The van der Waals surface area contributed by atoms with Gasteiger partial charge in [0.2, 0.25) is 0 Å². The van der Waals surface area contributed by atoms with Crippen LogP contribution in [0.3, 0.4) is 0 Å².